The van der Waals surface area contributed by atoms with Gasteiger partial charge >= 0.3 is 0 Å². The van der Waals surface area contributed by atoms with Crippen LogP contribution in [0.25, 0.3) is 22.6 Å². The summed E-state index contributed by atoms with van der Waals surface area (Å²) < 4.78 is 10.7. The molecule has 0 fully saturated rings. The first-order valence-electron chi connectivity index (χ1n) is 5.97. The van der Waals surface area contributed by atoms with E-state index in [1.54, 1.807) is 12.5 Å². The Morgan fingerprint density at radius 2 is 1.95 bits per heavy atom. The molecule has 19 heavy (non-hydrogen) atoms. The highest BCUT2D eigenvalue weighted by molar-refractivity contribution is 5.78. The molecule has 3 rings (SSSR count). The van der Waals surface area contributed by atoms with E-state index in [0.29, 0.717) is 11.6 Å². The number of hydrogen-bond donors (Lipinski definition) is 0. The quantitative estimate of drug-likeness (QED) is 0.702. The van der Waals surface area contributed by atoms with Gasteiger partial charge in [-0.15, -0.1) is 0 Å². The summed E-state index contributed by atoms with van der Waals surface area (Å²) in [5.41, 5.74) is 3.38. The van der Waals surface area contributed by atoms with E-state index in [4.69, 9.17) is 8.94 Å². The molecule has 0 atom stereocenters. The first-order valence-corrected chi connectivity index (χ1v) is 5.97. The van der Waals surface area contributed by atoms with Crippen LogP contribution in [0.5, 0.6) is 0 Å². The van der Waals surface area contributed by atoms with Crippen molar-refractivity contribution in [2.45, 2.75) is 20.8 Å². The van der Waals surface area contributed by atoms with Gasteiger partial charge in [0.1, 0.15) is 11.6 Å². The summed E-state index contributed by atoms with van der Waals surface area (Å²) in [6, 6.07) is 3.76. The van der Waals surface area contributed by atoms with Gasteiger partial charge in [-0.1, -0.05) is 5.16 Å². The highest BCUT2D eigenvalue weighted by atomic mass is 16.5. The van der Waals surface area contributed by atoms with E-state index in [1.165, 1.54) is 0 Å². The Balaban J connectivity index is 2.23. The van der Waals surface area contributed by atoms with E-state index in [2.05, 4.69) is 15.1 Å². The molecule has 3 aromatic heterocycles. The maximum atomic E-state index is 5.35. The van der Waals surface area contributed by atoms with Gasteiger partial charge < -0.3 is 8.94 Å². The zero-order valence-electron chi connectivity index (χ0n) is 11.0. The van der Waals surface area contributed by atoms with Gasteiger partial charge in [-0.2, -0.15) is 0 Å². The van der Waals surface area contributed by atoms with Crippen molar-refractivity contribution >= 4 is 0 Å². The molecular weight excluding hydrogens is 242 g/mol. The molecule has 5 heteroatoms. The molecule has 96 valence electrons. The van der Waals surface area contributed by atoms with Crippen molar-refractivity contribution < 1.29 is 8.94 Å². The minimum absolute atomic E-state index is 0.660. The summed E-state index contributed by atoms with van der Waals surface area (Å²) in [5.74, 6) is 2.18. The summed E-state index contributed by atoms with van der Waals surface area (Å²) in [6.07, 6.45) is 3.40. The van der Waals surface area contributed by atoms with E-state index in [-0.39, 0.29) is 0 Å². The molecule has 3 heterocycles. The standard InChI is InChI=1S/C14H13N3O2/c1-8-6-13(19-17-8)12-7-15-10(3)16-14(12)11-4-5-18-9(11)2/h4-7H,1-3H3. The lowest BCUT2D eigenvalue weighted by Crippen LogP contribution is -1.94. The second-order valence-electron chi connectivity index (χ2n) is 4.40. The number of aryl methyl sites for hydroxylation is 3. The van der Waals surface area contributed by atoms with E-state index in [9.17, 15) is 0 Å². The second-order valence-corrected chi connectivity index (χ2v) is 4.40. The van der Waals surface area contributed by atoms with Crippen molar-refractivity contribution in [1.29, 1.82) is 0 Å². The summed E-state index contributed by atoms with van der Waals surface area (Å²) in [7, 11) is 0. The Kier molecular flexibility index (Phi) is 2.67. The molecule has 0 aromatic carbocycles. The van der Waals surface area contributed by atoms with Gasteiger partial charge in [0.15, 0.2) is 5.76 Å². The van der Waals surface area contributed by atoms with Gasteiger partial charge in [0, 0.05) is 17.8 Å². The number of nitrogens with zero attached hydrogens (tertiary/aromatic N) is 3. The predicted octanol–water partition coefficient (Wildman–Crippen LogP) is 3.32. The molecule has 0 radical (unpaired) electrons. The molecule has 0 N–H and O–H groups in total. The molecule has 0 aliphatic carbocycles. The van der Waals surface area contributed by atoms with Crippen molar-refractivity contribution in [2.75, 3.05) is 0 Å². The molecule has 0 amide bonds. The fourth-order valence-corrected chi connectivity index (χ4v) is 1.98. The molecule has 3 aromatic rings. The lowest BCUT2D eigenvalue weighted by molar-refractivity contribution is 0.427. The van der Waals surface area contributed by atoms with Crippen molar-refractivity contribution in [1.82, 2.24) is 15.1 Å². The lowest BCUT2D eigenvalue weighted by Gasteiger charge is -2.05. The van der Waals surface area contributed by atoms with Crippen LogP contribution < -0.4 is 0 Å². The highest BCUT2D eigenvalue weighted by Crippen LogP contribution is 2.32. The first kappa shape index (κ1) is 11.6. The van der Waals surface area contributed by atoms with Crippen LogP contribution in [0.15, 0.2) is 33.5 Å². The van der Waals surface area contributed by atoms with Gasteiger partial charge in [0.25, 0.3) is 0 Å². The smallest absolute Gasteiger partial charge is 0.170 e. The van der Waals surface area contributed by atoms with Crippen molar-refractivity contribution in [3.63, 3.8) is 0 Å². The minimum Gasteiger partial charge on any atom is -0.469 e. The Labute approximate surface area is 110 Å². The molecule has 0 saturated carbocycles. The van der Waals surface area contributed by atoms with Gasteiger partial charge in [0.2, 0.25) is 0 Å². The van der Waals surface area contributed by atoms with E-state index in [0.717, 1.165) is 28.3 Å². The van der Waals surface area contributed by atoms with E-state index in [1.807, 2.05) is 32.9 Å². The molecular formula is C14H13N3O2. The lowest BCUT2D eigenvalue weighted by atomic mass is 10.1. The Morgan fingerprint density at radius 1 is 1.11 bits per heavy atom. The zero-order chi connectivity index (χ0) is 13.4. The van der Waals surface area contributed by atoms with Crippen molar-refractivity contribution in [3.05, 3.63) is 41.9 Å². The maximum Gasteiger partial charge on any atom is 0.170 e. The largest absolute Gasteiger partial charge is 0.469 e. The van der Waals surface area contributed by atoms with Gasteiger partial charge in [-0.3, -0.25) is 0 Å². The van der Waals surface area contributed by atoms with Crippen LogP contribution in [-0.2, 0) is 0 Å². The predicted molar refractivity (Wildman–Crippen MR) is 69.4 cm³/mol. The molecule has 0 aliphatic heterocycles. The number of furan rings is 1. The van der Waals surface area contributed by atoms with Crippen LogP contribution in [0.3, 0.4) is 0 Å². The van der Waals surface area contributed by atoms with Gasteiger partial charge in [-0.25, -0.2) is 9.97 Å². The monoisotopic (exact) mass is 255 g/mol. The SMILES string of the molecule is Cc1cc(-c2cnc(C)nc2-c2ccoc2C)on1. The van der Waals surface area contributed by atoms with Crippen LogP contribution in [0, 0.1) is 20.8 Å². The first-order chi connectivity index (χ1) is 9.15. The molecule has 5 nitrogen and oxygen atoms in total. The summed E-state index contributed by atoms with van der Waals surface area (Å²) in [4.78, 5) is 8.74. The van der Waals surface area contributed by atoms with Crippen LogP contribution in [0.4, 0.5) is 0 Å². The average molecular weight is 255 g/mol. The highest BCUT2D eigenvalue weighted by Gasteiger charge is 2.17. The van der Waals surface area contributed by atoms with Crippen LogP contribution in [-0.4, -0.2) is 15.1 Å². The van der Waals surface area contributed by atoms with Gasteiger partial charge in [0.05, 0.1) is 23.2 Å². The third-order valence-electron chi connectivity index (χ3n) is 2.92. The average Bonchev–Trinajstić information content (AvgIpc) is 2.98. The molecule has 0 saturated heterocycles. The fourth-order valence-electron chi connectivity index (χ4n) is 1.98. The molecule has 0 spiro atoms. The van der Waals surface area contributed by atoms with Gasteiger partial charge in [-0.05, 0) is 26.8 Å². The summed E-state index contributed by atoms with van der Waals surface area (Å²) >= 11 is 0. The second kappa shape index (κ2) is 4.35. The summed E-state index contributed by atoms with van der Waals surface area (Å²) in [5, 5.41) is 3.91. The topological polar surface area (TPSA) is 65.0 Å². The van der Waals surface area contributed by atoms with Crippen molar-refractivity contribution in [2.24, 2.45) is 0 Å². The van der Waals surface area contributed by atoms with E-state index >= 15 is 0 Å². The van der Waals surface area contributed by atoms with Crippen LogP contribution in [0.1, 0.15) is 17.3 Å². The molecule has 0 bridgehead atoms. The Morgan fingerprint density at radius 3 is 2.58 bits per heavy atom. The van der Waals surface area contributed by atoms with Crippen LogP contribution >= 0.6 is 0 Å². The molecule has 0 unspecified atom stereocenters. The zero-order valence-corrected chi connectivity index (χ0v) is 11.0. The van der Waals surface area contributed by atoms with E-state index < -0.39 is 0 Å². The third-order valence-corrected chi connectivity index (χ3v) is 2.92. The van der Waals surface area contributed by atoms with Crippen molar-refractivity contribution in [3.8, 4) is 22.6 Å². The Hall–Kier alpha value is -2.43. The maximum absolute atomic E-state index is 5.35. The number of hydrogen-bond acceptors (Lipinski definition) is 5. The Bertz CT molecular complexity index is 728. The van der Waals surface area contributed by atoms with Crippen LogP contribution in [0.2, 0.25) is 0 Å². The fraction of sp³-hybridized carbons (Fsp3) is 0.214. The number of rotatable bonds is 2. The number of aromatic nitrogens is 3. The molecule has 0 aliphatic rings. The summed E-state index contributed by atoms with van der Waals surface area (Å²) in [6.45, 7) is 5.64. The minimum atomic E-state index is 0.660. The normalized spacial score (nSPS) is 10.9. The third kappa shape index (κ3) is 2.03.